The molecule has 0 saturated carbocycles. The Kier molecular flexibility index (Phi) is 19.2. The summed E-state index contributed by atoms with van der Waals surface area (Å²) >= 11 is 0. The van der Waals surface area contributed by atoms with Gasteiger partial charge in [-0.1, -0.05) is 425 Å². The highest BCUT2D eigenvalue weighted by atomic mass is 15.0. The Hall–Kier alpha value is -18.1. The van der Waals surface area contributed by atoms with Crippen molar-refractivity contribution in [3.63, 3.8) is 0 Å². The monoisotopic (exact) mass is 1730 g/mol. The van der Waals surface area contributed by atoms with Gasteiger partial charge in [0.25, 0.3) is 0 Å². The number of fused-ring (bicyclic) bond motifs is 18. The van der Waals surface area contributed by atoms with Crippen LogP contribution in [0, 0.1) is 0 Å². The van der Waals surface area contributed by atoms with E-state index in [1.165, 1.54) is 148 Å². The second-order valence-electron chi connectivity index (χ2n) is 35.3. The van der Waals surface area contributed by atoms with Crippen molar-refractivity contribution in [2.75, 3.05) is 0 Å². The molecule has 0 atom stereocenters. The summed E-state index contributed by atoms with van der Waals surface area (Å²) in [4.78, 5) is 21.5. The van der Waals surface area contributed by atoms with Crippen LogP contribution in [0.25, 0.3) is 265 Å². The van der Waals surface area contributed by atoms with E-state index in [1.54, 1.807) is 0 Å². The lowest BCUT2D eigenvalue weighted by atomic mass is 9.93. The maximum absolute atomic E-state index is 5.48. The highest BCUT2D eigenvalue weighted by molar-refractivity contribution is 6.32. The van der Waals surface area contributed by atoms with Crippen LogP contribution in [0.15, 0.2) is 497 Å². The van der Waals surface area contributed by atoms with Crippen LogP contribution < -0.4 is 0 Å². The Labute approximate surface area is 785 Å². The SMILES string of the molecule is c1ccc(-c2cc(-c3ccccc3)cc(-c3ccc(-c4nc(-c5cccc6c(-n7c8ccc9ccccc9c8c8c9cccc(-c%10ccccc%10)c9ccc87)cccc56)nc5ccccc45)cc3)c2)cc1.c1ccc(-c2cccc(-c3ccc(-c4nc(-c5cccc6c(-n7c8ccc9ccccc9c8c8c9cccc(-c%10ccccc%10)c9ccc87)cccc56)nc5ccccc45)cc3)c2)cc1. The molecule has 0 spiro atoms. The smallest absolute Gasteiger partial charge is 0.161 e. The molecule has 4 aromatic heterocycles. The molecule has 0 fully saturated rings. The van der Waals surface area contributed by atoms with Crippen LogP contribution in [0.4, 0.5) is 0 Å². The van der Waals surface area contributed by atoms with Gasteiger partial charge in [-0.3, -0.25) is 0 Å². The van der Waals surface area contributed by atoms with Crippen molar-refractivity contribution < 1.29 is 0 Å². The molecule has 0 N–H and O–H groups in total. The van der Waals surface area contributed by atoms with Crippen LogP contribution in [-0.4, -0.2) is 29.1 Å². The number of benzene rings is 23. The van der Waals surface area contributed by atoms with Crippen LogP contribution in [0.3, 0.4) is 0 Å². The number of aromatic nitrogens is 6. The molecule has 23 aromatic carbocycles. The van der Waals surface area contributed by atoms with Crippen molar-refractivity contribution >= 4 is 130 Å². The third-order valence-corrected chi connectivity index (χ3v) is 27.6. The molecule has 0 radical (unpaired) electrons. The zero-order valence-electron chi connectivity index (χ0n) is 74.0. The molecule has 0 unspecified atom stereocenters. The summed E-state index contributed by atoms with van der Waals surface area (Å²) in [5, 5.41) is 21.5. The van der Waals surface area contributed by atoms with Gasteiger partial charge in [0.1, 0.15) is 0 Å². The van der Waals surface area contributed by atoms with Crippen LogP contribution in [0.5, 0.6) is 0 Å². The van der Waals surface area contributed by atoms with Crippen molar-refractivity contribution in [2.45, 2.75) is 0 Å². The lowest BCUT2D eigenvalue weighted by molar-refractivity contribution is 1.20. The van der Waals surface area contributed by atoms with Gasteiger partial charge in [0.15, 0.2) is 11.6 Å². The number of hydrogen-bond donors (Lipinski definition) is 0. The summed E-state index contributed by atoms with van der Waals surface area (Å²) in [6.07, 6.45) is 0. The van der Waals surface area contributed by atoms with E-state index in [-0.39, 0.29) is 0 Å². The van der Waals surface area contributed by atoms with E-state index in [4.69, 9.17) is 19.9 Å². The van der Waals surface area contributed by atoms with Gasteiger partial charge < -0.3 is 9.13 Å². The molecule has 0 aliphatic heterocycles. The fraction of sp³-hybridized carbons (Fsp3) is 0. The first kappa shape index (κ1) is 78.9. The Morgan fingerprint density at radius 3 is 0.816 bits per heavy atom. The third-order valence-electron chi connectivity index (χ3n) is 27.6. The predicted molar refractivity (Wildman–Crippen MR) is 573 cm³/mol. The second kappa shape index (κ2) is 33.1. The molecule has 0 bridgehead atoms. The molecular weight excluding hydrogens is 1650 g/mol. The highest BCUT2D eigenvalue weighted by Gasteiger charge is 2.26. The minimum atomic E-state index is 0.696. The minimum Gasteiger partial charge on any atom is -0.309 e. The lowest BCUT2D eigenvalue weighted by Crippen LogP contribution is -1.98. The third kappa shape index (κ3) is 13.6. The minimum absolute atomic E-state index is 0.696. The molecule has 136 heavy (non-hydrogen) atoms. The second-order valence-corrected chi connectivity index (χ2v) is 35.3. The van der Waals surface area contributed by atoms with Crippen molar-refractivity contribution in [1.29, 1.82) is 0 Å². The molecule has 0 amide bonds. The van der Waals surface area contributed by atoms with Gasteiger partial charge in [0, 0.05) is 65.3 Å². The summed E-state index contributed by atoms with van der Waals surface area (Å²) < 4.78 is 4.95. The summed E-state index contributed by atoms with van der Waals surface area (Å²) in [7, 11) is 0. The molecule has 27 aromatic rings. The molecule has 6 heteroatoms. The number of para-hydroxylation sites is 2. The zero-order chi connectivity index (χ0) is 89.7. The predicted octanol–water partition coefficient (Wildman–Crippen LogP) is 34.7. The molecule has 0 aliphatic rings. The van der Waals surface area contributed by atoms with E-state index in [1.807, 2.05) is 0 Å². The highest BCUT2D eigenvalue weighted by Crippen LogP contribution is 2.49. The van der Waals surface area contributed by atoms with Gasteiger partial charge in [0.05, 0.1) is 55.9 Å². The molecule has 4 heterocycles. The van der Waals surface area contributed by atoms with Crippen molar-refractivity contribution in [3.8, 4) is 135 Å². The van der Waals surface area contributed by atoms with E-state index in [9.17, 15) is 0 Å². The van der Waals surface area contributed by atoms with E-state index < -0.39 is 0 Å². The molecule has 6 nitrogen and oxygen atoms in total. The van der Waals surface area contributed by atoms with Crippen molar-refractivity contribution in [1.82, 2.24) is 29.1 Å². The van der Waals surface area contributed by atoms with Crippen LogP contribution in [0.1, 0.15) is 0 Å². The summed E-state index contributed by atoms with van der Waals surface area (Å²) in [6, 6.07) is 179. The number of rotatable bonds is 13. The fourth-order valence-electron chi connectivity index (χ4n) is 21.3. The van der Waals surface area contributed by atoms with Crippen molar-refractivity contribution in [3.05, 3.63) is 497 Å². The van der Waals surface area contributed by atoms with Crippen LogP contribution in [0.2, 0.25) is 0 Å². The van der Waals surface area contributed by atoms with Gasteiger partial charge in [-0.05, 0) is 205 Å². The Morgan fingerprint density at radius 1 is 0.140 bits per heavy atom. The molecule has 0 saturated heterocycles. The van der Waals surface area contributed by atoms with Gasteiger partial charge in [-0.15, -0.1) is 0 Å². The number of nitrogens with zero attached hydrogens (tertiary/aromatic N) is 6. The number of hydrogen-bond acceptors (Lipinski definition) is 4. The fourth-order valence-corrected chi connectivity index (χ4v) is 21.3. The average molecular weight is 1730 g/mol. The maximum Gasteiger partial charge on any atom is 0.161 e. The topological polar surface area (TPSA) is 61.4 Å². The van der Waals surface area contributed by atoms with E-state index in [2.05, 4.69) is 507 Å². The average Bonchev–Trinajstić information content (AvgIpc) is 1.55. The Bertz CT molecular complexity index is 9380. The van der Waals surface area contributed by atoms with E-state index in [0.29, 0.717) is 11.6 Å². The van der Waals surface area contributed by atoms with Crippen LogP contribution >= 0.6 is 0 Å². The normalized spacial score (nSPS) is 11.7. The van der Waals surface area contributed by atoms with Gasteiger partial charge in [0.2, 0.25) is 0 Å². The van der Waals surface area contributed by atoms with E-state index >= 15 is 0 Å². The van der Waals surface area contributed by atoms with Gasteiger partial charge >= 0.3 is 0 Å². The zero-order valence-corrected chi connectivity index (χ0v) is 74.0. The van der Waals surface area contributed by atoms with E-state index in [0.717, 1.165) is 105 Å². The molecule has 632 valence electrons. The lowest BCUT2D eigenvalue weighted by Gasteiger charge is -2.15. The quantitative estimate of drug-likeness (QED) is 0.115. The first-order valence-electron chi connectivity index (χ1n) is 46.5. The molecular formula is C130H82N6. The van der Waals surface area contributed by atoms with Crippen LogP contribution in [-0.2, 0) is 0 Å². The van der Waals surface area contributed by atoms with Crippen molar-refractivity contribution in [2.24, 2.45) is 0 Å². The summed E-state index contributed by atoms with van der Waals surface area (Å²) in [6.45, 7) is 0. The molecule has 27 rings (SSSR count). The maximum atomic E-state index is 5.48. The Morgan fingerprint density at radius 2 is 0.404 bits per heavy atom. The van der Waals surface area contributed by atoms with Gasteiger partial charge in [-0.25, -0.2) is 19.9 Å². The first-order chi connectivity index (χ1) is 67.5. The Balaban J connectivity index is 0.000000142. The summed E-state index contributed by atoms with van der Waals surface area (Å²) in [5.74, 6) is 1.40. The standard InChI is InChI=1S/C68H43N3.C62H39N3/c1-4-17-44(18-5-1)50-41-51(45-19-6-2-7-20-45)43-52(42-50)46-33-35-49(36-34-46)67-60-25-12-13-31-61(60)69-68(70-67)59-30-15-28-57-55(59)27-16-32-62(57)71-63-39-37-48-23-10-11-24-54(48)65(63)66-58-29-14-26-53(47-21-8-3-9-22-47)56(58)38-40-64(66)71;1-3-15-40(16-4-1)45-20-11-21-46(39-45)41-31-33-44(34-32-41)61-54-23-9-10-29-55(54)63-62(64-61)53-28-13-26-51-49(53)25-14-30-56(51)65-57-37-35-43-19-7-8-22-48(43)59(57)60-52-27-12-24-47(42-17-5-2-6-18-42)50(52)36-38-58(60)65/h1-43H;1-39H. The molecule has 0 aliphatic carbocycles. The summed E-state index contributed by atoms with van der Waals surface area (Å²) in [5.41, 5.74) is 31.4. The van der Waals surface area contributed by atoms with Gasteiger partial charge in [-0.2, -0.15) is 0 Å². The largest absolute Gasteiger partial charge is 0.309 e. The first-order valence-corrected chi connectivity index (χ1v) is 46.5.